The minimum atomic E-state index is -0.201. The molecular weight excluding hydrogens is 340 g/mol. The average Bonchev–Trinajstić information content (AvgIpc) is 2.95. The third kappa shape index (κ3) is 3.59. The van der Waals surface area contributed by atoms with Crippen LogP contribution in [-0.2, 0) is 22.4 Å². The normalized spacial score (nSPS) is 18.4. The predicted molar refractivity (Wildman–Crippen MR) is 99.8 cm³/mol. The van der Waals surface area contributed by atoms with Gasteiger partial charge in [0.15, 0.2) is 0 Å². The van der Waals surface area contributed by atoms with Crippen LogP contribution >= 0.6 is 23.1 Å². The quantitative estimate of drug-likeness (QED) is 0.424. The van der Waals surface area contributed by atoms with Crippen molar-refractivity contribution >= 4 is 39.3 Å². The fourth-order valence-electron chi connectivity index (χ4n) is 3.06. The lowest BCUT2D eigenvalue weighted by atomic mass is 9.89. The van der Waals surface area contributed by atoms with Crippen LogP contribution in [0.25, 0.3) is 10.2 Å². The Morgan fingerprint density at radius 1 is 1.46 bits per heavy atom. The molecule has 2 aromatic heterocycles. The number of carbonyl (C=O) groups is 1. The second-order valence-corrected chi connectivity index (χ2v) is 8.67. The van der Waals surface area contributed by atoms with Crippen LogP contribution in [0.15, 0.2) is 11.4 Å². The number of hydrogen-bond donors (Lipinski definition) is 0. The fourth-order valence-corrected chi connectivity index (χ4v) is 5.53. The van der Waals surface area contributed by atoms with E-state index >= 15 is 0 Å². The summed E-state index contributed by atoms with van der Waals surface area (Å²) in [6.45, 7) is 6.83. The molecule has 6 heteroatoms. The van der Waals surface area contributed by atoms with Crippen molar-refractivity contribution in [2.45, 2.75) is 63.2 Å². The first-order valence-corrected chi connectivity index (χ1v) is 10.4. The van der Waals surface area contributed by atoms with Crippen molar-refractivity contribution in [1.82, 2.24) is 9.97 Å². The highest BCUT2D eigenvalue weighted by Crippen LogP contribution is 2.41. The first kappa shape index (κ1) is 17.7. The minimum Gasteiger partial charge on any atom is -0.465 e. The van der Waals surface area contributed by atoms with Crippen molar-refractivity contribution in [2.24, 2.45) is 5.92 Å². The number of rotatable bonds is 6. The van der Waals surface area contributed by atoms with E-state index in [2.05, 4.69) is 16.9 Å². The van der Waals surface area contributed by atoms with Gasteiger partial charge in [-0.3, -0.25) is 4.79 Å². The number of ether oxygens (including phenoxy) is 1. The van der Waals surface area contributed by atoms with Gasteiger partial charge < -0.3 is 4.74 Å². The van der Waals surface area contributed by atoms with Gasteiger partial charge in [-0.2, -0.15) is 0 Å². The van der Waals surface area contributed by atoms with Gasteiger partial charge >= 0.3 is 5.97 Å². The zero-order valence-corrected chi connectivity index (χ0v) is 16.1. The maximum Gasteiger partial charge on any atom is 0.319 e. The summed E-state index contributed by atoms with van der Waals surface area (Å²) in [7, 11) is 0. The van der Waals surface area contributed by atoms with E-state index < -0.39 is 0 Å². The van der Waals surface area contributed by atoms with Gasteiger partial charge in [-0.25, -0.2) is 9.97 Å². The Balaban J connectivity index is 1.90. The molecular formula is C18H24N2O2S2. The first-order valence-electron chi connectivity index (χ1n) is 8.72. The molecule has 1 aliphatic rings. The molecule has 0 saturated heterocycles. The fraction of sp³-hybridized carbons (Fsp3) is 0.611. The summed E-state index contributed by atoms with van der Waals surface area (Å²) in [6, 6.07) is 0. The van der Waals surface area contributed by atoms with Crippen molar-refractivity contribution < 1.29 is 9.53 Å². The van der Waals surface area contributed by atoms with Crippen molar-refractivity contribution in [3.8, 4) is 0 Å². The summed E-state index contributed by atoms with van der Waals surface area (Å²) in [5.74, 6) is 0.607. The van der Waals surface area contributed by atoms with Crippen LogP contribution in [-0.4, -0.2) is 27.8 Å². The van der Waals surface area contributed by atoms with Crippen LogP contribution in [0.4, 0.5) is 0 Å². The van der Waals surface area contributed by atoms with Crippen LogP contribution in [0.2, 0.25) is 0 Å². The molecule has 0 amide bonds. The number of thiophene rings is 1. The van der Waals surface area contributed by atoms with E-state index in [1.54, 1.807) is 17.7 Å². The van der Waals surface area contributed by atoms with E-state index in [0.717, 1.165) is 41.5 Å². The second-order valence-electron chi connectivity index (χ2n) is 6.39. The molecule has 0 spiro atoms. The van der Waals surface area contributed by atoms with Gasteiger partial charge in [0.25, 0.3) is 0 Å². The Hall–Kier alpha value is -1.14. The predicted octanol–water partition coefficient (Wildman–Crippen LogP) is 4.64. The Morgan fingerprint density at radius 2 is 2.29 bits per heavy atom. The van der Waals surface area contributed by atoms with Crippen LogP contribution in [0.1, 0.15) is 50.5 Å². The smallest absolute Gasteiger partial charge is 0.319 e. The Bertz CT molecular complexity index is 729. The average molecular weight is 365 g/mol. The zero-order valence-electron chi connectivity index (χ0n) is 14.5. The van der Waals surface area contributed by atoms with Crippen LogP contribution in [0.5, 0.6) is 0 Å². The van der Waals surface area contributed by atoms with Gasteiger partial charge in [0.05, 0.1) is 6.61 Å². The highest BCUT2D eigenvalue weighted by Gasteiger charge is 2.26. The number of fused-ring (bicyclic) bond motifs is 3. The molecule has 0 fully saturated rings. The summed E-state index contributed by atoms with van der Waals surface area (Å²) < 4.78 is 5.34. The van der Waals surface area contributed by atoms with Crippen LogP contribution in [0.3, 0.4) is 0 Å². The lowest BCUT2D eigenvalue weighted by Crippen LogP contribution is -2.20. The minimum absolute atomic E-state index is 0.131. The summed E-state index contributed by atoms with van der Waals surface area (Å²) in [5.41, 5.74) is 1.41. The molecule has 2 heterocycles. The SMILES string of the molecule is CCCOC(=O)[C@@H](CC)Sc1ncnc2sc3c(c12)CC[C@H](C)C3. The molecule has 0 unspecified atom stereocenters. The van der Waals surface area contributed by atoms with Crippen molar-refractivity contribution in [3.05, 3.63) is 16.8 Å². The summed E-state index contributed by atoms with van der Waals surface area (Å²) in [5, 5.41) is 1.91. The van der Waals surface area contributed by atoms with Crippen molar-refractivity contribution in [1.29, 1.82) is 0 Å². The lowest BCUT2D eigenvalue weighted by Gasteiger charge is -2.18. The molecule has 1 aliphatic carbocycles. The maximum absolute atomic E-state index is 12.3. The lowest BCUT2D eigenvalue weighted by molar-refractivity contribution is -0.143. The standard InChI is InChI=1S/C18H24N2O2S2/c1-4-8-22-18(21)13(5-2)23-16-15-12-7-6-11(3)9-14(12)24-17(15)20-10-19-16/h10-11,13H,4-9H2,1-3H3/t11-,13+/m0/s1. The molecule has 0 aliphatic heterocycles. The molecule has 0 aromatic carbocycles. The maximum atomic E-state index is 12.3. The molecule has 0 saturated carbocycles. The number of aryl methyl sites for hydroxylation is 1. The summed E-state index contributed by atoms with van der Waals surface area (Å²) >= 11 is 3.33. The van der Waals surface area contributed by atoms with E-state index in [1.165, 1.54) is 34.0 Å². The Morgan fingerprint density at radius 3 is 3.04 bits per heavy atom. The third-order valence-electron chi connectivity index (χ3n) is 4.39. The van der Waals surface area contributed by atoms with E-state index in [9.17, 15) is 4.79 Å². The van der Waals surface area contributed by atoms with Gasteiger partial charge in [0, 0.05) is 10.3 Å². The topological polar surface area (TPSA) is 52.1 Å². The molecule has 0 radical (unpaired) electrons. The summed E-state index contributed by atoms with van der Waals surface area (Å²) in [6.07, 6.45) is 6.65. The van der Waals surface area contributed by atoms with Gasteiger partial charge in [-0.1, -0.05) is 32.5 Å². The third-order valence-corrected chi connectivity index (χ3v) is 6.90. The highest BCUT2D eigenvalue weighted by molar-refractivity contribution is 8.00. The molecule has 2 atom stereocenters. The van der Waals surface area contributed by atoms with E-state index in [4.69, 9.17) is 4.74 Å². The number of nitrogens with zero attached hydrogens (tertiary/aromatic N) is 2. The van der Waals surface area contributed by atoms with Gasteiger partial charge in [-0.15, -0.1) is 11.3 Å². The van der Waals surface area contributed by atoms with E-state index in [0.29, 0.717) is 6.61 Å². The van der Waals surface area contributed by atoms with Gasteiger partial charge in [0.1, 0.15) is 21.4 Å². The monoisotopic (exact) mass is 364 g/mol. The van der Waals surface area contributed by atoms with Gasteiger partial charge in [0.2, 0.25) is 0 Å². The highest BCUT2D eigenvalue weighted by atomic mass is 32.2. The molecule has 24 heavy (non-hydrogen) atoms. The molecule has 0 N–H and O–H groups in total. The van der Waals surface area contributed by atoms with Crippen molar-refractivity contribution in [3.63, 3.8) is 0 Å². The molecule has 3 rings (SSSR count). The van der Waals surface area contributed by atoms with Gasteiger partial charge in [-0.05, 0) is 43.6 Å². The number of aromatic nitrogens is 2. The first-order chi connectivity index (χ1) is 11.6. The zero-order chi connectivity index (χ0) is 17.1. The van der Waals surface area contributed by atoms with E-state index in [-0.39, 0.29) is 11.2 Å². The number of thioether (sulfide) groups is 1. The molecule has 2 aromatic rings. The molecule has 130 valence electrons. The van der Waals surface area contributed by atoms with E-state index in [1.807, 2.05) is 13.8 Å². The number of hydrogen-bond acceptors (Lipinski definition) is 6. The number of esters is 1. The van der Waals surface area contributed by atoms with Crippen LogP contribution in [0, 0.1) is 5.92 Å². The molecule has 4 nitrogen and oxygen atoms in total. The Kier molecular flexibility index (Phi) is 5.76. The number of carbonyl (C=O) groups excluding carboxylic acids is 1. The largest absolute Gasteiger partial charge is 0.465 e. The summed E-state index contributed by atoms with van der Waals surface area (Å²) in [4.78, 5) is 23.8. The second kappa shape index (κ2) is 7.83. The molecule has 0 bridgehead atoms. The van der Waals surface area contributed by atoms with Crippen LogP contribution < -0.4 is 0 Å². The Labute approximate surface area is 151 Å². The van der Waals surface area contributed by atoms with Crippen molar-refractivity contribution in [2.75, 3.05) is 6.61 Å².